The van der Waals surface area contributed by atoms with Crippen LogP contribution in [0, 0.1) is 5.92 Å². The molecule has 2 aliphatic heterocycles. The molecule has 2 rings (SSSR count). The molecule has 2 heterocycles. The van der Waals surface area contributed by atoms with E-state index >= 15 is 0 Å². The maximum absolute atomic E-state index is 11.6. The molecule has 0 aromatic carbocycles. The predicted molar refractivity (Wildman–Crippen MR) is 73.5 cm³/mol. The monoisotopic (exact) mass is 253 g/mol. The molecule has 2 saturated heterocycles. The molecule has 0 aliphatic carbocycles. The zero-order chi connectivity index (χ0) is 13.0. The molecule has 4 heteroatoms. The molecule has 0 radical (unpaired) electrons. The Kier molecular flexibility index (Phi) is 5.01. The van der Waals surface area contributed by atoms with Gasteiger partial charge in [-0.25, -0.2) is 0 Å². The van der Waals surface area contributed by atoms with Crippen LogP contribution in [0.4, 0.5) is 0 Å². The summed E-state index contributed by atoms with van der Waals surface area (Å²) in [5, 5.41) is 0. The highest BCUT2D eigenvalue weighted by Gasteiger charge is 2.23. The average Bonchev–Trinajstić information content (AvgIpc) is 2.41. The van der Waals surface area contributed by atoms with Gasteiger partial charge in [-0.1, -0.05) is 6.92 Å². The minimum absolute atomic E-state index is 0.314. The van der Waals surface area contributed by atoms with Crippen molar-refractivity contribution in [1.82, 2.24) is 14.7 Å². The Labute approximate surface area is 111 Å². The summed E-state index contributed by atoms with van der Waals surface area (Å²) in [5.74, 6) is 1.18. The Morgan fingerprint density at radius 3 is 2.22 bits per heavy atom. The van der Waals surface area contributed by atoms with Crippen LogP contribution in [0.3, 0.4) is 0 Å². The predicted octanol–water partition coefficient (Wildman–Crippen LogP) is 0.882. The Morgan fingerprint density at radius 1 is 1.06 bits per heavy atom. The maximum Gasteiger partial charge on any atom is 0.222 e. The van der Waals surface area contributed by atoms with Crippen molar-refractivity contribution < 1.29 is 4.79 Å². The van der Waals surface area contributed by atoms with E-state index in [9.17, 15) is 4.79 Å². The Bertz CT molecular complexity index is 266. The Hall–Kier alpha value is -0.610. The van der Waals surface area contributed by atoms with E-state index in [0.717, 1.165) is 32.1 Å². The van der Waals surface area contributed by atoms with Gasteiger partial charge < -0.3 is 9.80 Å². The number of carbonyl (C=O) groups is 1. The van der Waals surface area contributed by atoms with E-state index in [1.165, 1.54) is 32.5 Å². The number of likely N-dealkylation sites (tertiary alicyclic amines) is 1. The topological polar surface area (TPSA) is 26.8 Å². The first-order valence-corrected chi connectivity index (χ1v) is 7.37. The van der Waals surface area contributed by atoms with Crippen LogP contribution >= 0.6 is 0 Å². The van der Waals surface area contributed by atoms with Crippen LogP contribution in [0.15, 0.2) is 0 Å². The summed E-state index contributed by atoms with van der Waals surface area (Å²) < 4.78 is 0. The summed E-state index contributed by atoms with van der Waals surface area (Å²) in [5.41, 5.74) is 0. The highest BCUT2D eigenvalue weighted by molar-refractivity contribution is 5.75. The smallest absolute Gasteiger partial charge is 0.222 e. The third kappa shape index (κ3) is 3.69. The molecule has 0 N–H and O–H groups in total. The van der Waals surface area contributed by atoms with Crippen LogP contribution < -0.4 is 0 Å². The second-order valence-electron chi connectivity index (χ2n) is 5.78. The lowest BCUT2D eigenvalue weighted by Crippen LogP contribution is -2.50. The quantitative estimate of drug-likeness (QED) is 0.747. The molecule has 0 saturated carbocycles. The lowest BCUT2D eigenvalue weighted by atomic mass is 9.96. The van der Waals surface area contributed by atoms with Gasteiger partial charge in [-0.2, -0.15) is 0 Å². The van der Waals surface area contributed by atoms with E-state index < -0.39 is 0 Å². The van der Waals surface area contributed by atoms with E-state index in [1.54, 1.807) is 0 Å². The van der Waals surface area contributed by atoms with E-state index in [-0.39, 0.29) is 0 Å². The zero-order valence-electron chi connectivity index (χ0n) is 11.9. The number of carbonyl (C=O) groups excluding carboxylic acids is 1. The lowest BCUT2D eigenvalue weighted by molar-refractivity contribution is -0.132. The first-order valence-electron chi connectivity index (χ1n) is 7.37. The van der Waals surface area contributed by atoms with Crippen molar-refractivity contribution in [2.45, 2.75) is 26.2 Å². The van der Waals surface area contributed by atoms with Gasteiger partial charge in [0.05, 0.1) is 0 Å². The van der Waals surface area contributed by atoms with Gasteiger partial charge in [0.2, 0.25) is 5.91 Å². The van der Waals surface area contributed by atoms with Gasteiger partial charge in [0.1, 0.15) is 0 Å². The Balaban J connectivity index is 1.69. The van der Waals surface area contributed by atoms with Crippen molar-refractivity contribution in [3.63, 3.8) is 0 Å². The molecule has 0 unspecified atom stereocenters. The molecule has 0 aromatic rings. The fraction of sp³-hybridized carbons (Fsp3) is 0.929. The average molecular weight is 253 g/mol. The standard InChI is InChI=1S/C14H27N3O/c1-3-14(18)17-10-8-16(9-11-17)12-13-4-6-15(2)7-5-13/h13H,3-12H2,1-2H3. The summed E-state index contributed by atoms with van der Waals surface area (Å²) in [7, 11) is 2.21. The van der Waals surface area contributed by atoms with Crippen LogP contribution in [-0.4, -0.2) is 73.5 Å². The van der Waals surface area contributed by atoms with Crippen molar-refractivity contribution in [2.75, 3.05) is 52.9 Å². The fourth-order valence-corrected chi connectivity index (χ4v) is 3.01. The lowest BCUT2D eigenvalue weighted by Gasteiger charge is -2.38. The molecule has 2 fully saturated rings. The fourth-order valence-electron chi connectivity index (χ4n) is 3.01. The molecule has 1 amide bonds. The number of rotatable bonds is 3. The molecule has 18 heavy (non-hydrogen) atoms. The van der Waals surface area contributed by atoms with E-state index in [0.29, 0.717) is 12.3 Å². The summed E-state index contributed by atoms with van der Waals surface area (Å²) in [6, 6.07) is 0. The summed E-state index contributed by atoms with van der Waals surface area (Å²) in [4.78, 5) is 18.6. The van der Waals surface area contributed by atoms with E-state index in [2.05, 4.69) is 16.8 Å². The maximum atomic E-state index is 11.6. The highest BCUT2D eigenvalue weighted by Crippen LogP contribution is 2.18. The van der Waals surface area contributed by atoms with Gasteiger partial charge in [0, 0.05) is 39.1 Å². The van der Waals surface area contributed by atoms with E-state index in [1.807, 2.05) is 11.8 Å². The largest absolute Gasteiger partial charge is 0.340 e. The second-order valence-corrected chi connectivity index (χ2v) is 5.78. The molecule has 4 nitrogen and oxygen atoms in total. The minimum atomic E-state index is 0.314. The molecule has 104 valence electrons. The Morgan fingerprint density at radius 2 is 1.67 bits per heavy atom. The van der Waals surface area contributed by atoms with Crippen LogP contribution in [0.5, 0.6) is 0 Å². The van der Waals surface area contributed by atoms with Gasteiger partial charge >= 0.3 is 0 Å². The number of hydrogen-bond donors (Lipinski definition) is 0. The van der Waals surface area contributed by atoms with Crippen molar-refractivity contribution >= 4 is 5.91 Å². The summed E-state index contributed by atoms with van der Waals surface area (Å²) >= 11 is 0. The number of piperidine rings is 1. The van der Waals surface area contributed by atoms with E-state index in [4.69, 9.17) is 0 Å². The molecule has 0 atom stereocenters. The van der Waals surface area contributed by atoms with Gasteiger partial charge in [0.25, 0.3) is 0 Å². The summed E-state index contributed by atoms with van der Waals surface area (Å²) in [6.45, 7) is 9.68. The molecule has 0 spiro atoms. The molecule has 0 aromatic heterocycles. The number of hydrogen-bond acceptors (Lipinski definition) is 3. The summed E-state index contributed by atoms with van der Waals surface area (Å²) in [6.07, 6.45) is 3.32. The first-order chi connectivity index (χ1) is 8.69. The van der Waals surface area contributed by atoms with Gasteiger partial charge in [-0.3, -0.25) is 9.69 Å². The van der Waals surface area contributed by atoms with Gasteiger partial charge in [-0.15, -0.1) is 0 Å². The molecular formula is C14H27N3O. The van der Waals surface area contributed by atoms with Crippen LogP contribution in [-0.2, 0) is 4.79 Å². The van der Waals surface area contributed by atoms with Crippen LogP contribution in [0.2, 0.25) is 0 Å². The normalized spacial score (nSPS) is 24.4. The third-order valence-corrected chi connectivity index (χ3v) is 4.38. The molecular weight excluding hydrogens is 226 g/mol. The van der Waals surface area contributed by atoms with Crippen molar-refractivity contribution in [3.8, 4) is 0 Å². The zero-order valence-corrected chi connectivity index (χ0v) is 11.9. The second kappa shape index (κ2) is 6.53. The van der Waals surface area contributed by atoms with Crippen molar-refractivity contribution in [2.24, 2.45) is 5.92 Å². The first kappa shape index (κ1) is 13.8. The third-order valence-electron chi connectivity index (χ3n) is 4.38. The van der Waals surface area contributed by atoms with Crippen molar-refractivity contribution in [3.05, 3.63) is 0 Å². The SMILES string of the molecule is CCC(=O)N1CCN(CC2CCN(C)CC2)CC1. The molecule has 0 bridgehead atoms. The highest BCUT2D eigenvalue weighted by atomic mass is 16.2. The van der Waals surface area contributed by atoms with Crippen molar-refractivity contribution in [1.29, 1.82) is 0 Å². The molecule has 2 aliphatic rings. The number of nitrogens with zero attached hydrogens (tertiary/aromatic N) is 3. The van der Waals surface area contributed by atoms with Gasteiger partial charge in [-0.05, 0) is 38.9 Å². The van der Waals surface area contributed by atoms with Crippen LogP contribution in [0.25, 0.3) is 0 Å². The van der Waals surface area contributed by atoms with Crippen LogP contribution in [0.1, 0.15) is 26.2 Å². The van der Waals surface area contributed by atoms with Gasteiger partial charge in [0.15, 0.2) is 0 Å². The number of piperazine rings is 1. The minimum Gasteiger partial charge on any atom is -0.340 e. The number of amides is 1.